The maximum absolute atomic E-state index is 2.41. The Morgan fingerprint density at radius 1 is 1.18 bits per heavy atom. The summed E-state index contributed by atoms with van der Waals surface area (Å²) in [5, 5.41) is 0. The normalized spacial score (nSPS) is 8.91. The van der Waals surface area contributed by atoms with Crippen LogP contribution in [-0.2, 0) is 6.04 Å². The van der Waals surface area contributed by atoms with Crippen LogP contribution in [0.5, 0.6) is 0 Å². The first-order valence-corrected chi connectivity index (χ1v) is 18.3. The van der Waals surface area contributed by atoms with Crippen LogP contribution >= 0.6 is 50.5 Å². The van der Waals surface area contributed by atoms with Crippen LogP contribution in [0.15, 0.2) is 30.3 Å². The molecule has 0 radical (unpaired) electrons. The molecule has 0 unspecified atom stereocenters. The van der Waals surface area contributed by atoms with Crippen molar-refractivity contribution in [2.75, 3.05) is 0 Å². The number of benzene rings is 1. The Hall–Kier alpha value is 1.63. The molecule has 0 saturated heterocycles. The third-order valence-electron chi connectivity index (χ3n) is 1.25. The van der Waals surface area contributed by atoms with Crippen LogP contribution in [0, 0.1) is 0 Å². The van der Waals surface area contributed by atoms with E-state index >= 15 is 0 Å². The molecule has 64 valence electrons. The molecule has 0 fully saturated rings. The molecule has 1 aromatic carbocycles. The van der Waals surface area contributed by atoms with Gasteiger partial charge < -0.3 is 0 Å². The van der Waals surface area contributed by atoms with Gasteiger partial charge in [0.15, 0.2) is 0 Å². The van der Waals surface area contributed by atoms with E-state index in [0.29, 0.717) is 13.3 Å². The molecule has 0 spiro atoms. The zero-order valence-electron chi connectivity index (χ0n) is 6.26. The van der Waals surface area contributed by atoms with Crippen molar-refractivity contribution < 1.29 is 0 Å². The summed E-state index contributed by atoms with van der Waals surface area (Å²) >= 11 is 5.22. The fourth-order valence-electron chi connectivity index (χ4n) is 0.714. The molecule has 11 heavy (non-hydrogen) atoms. The smallest absolute Gasteiger partial charge is 0.00833 e. The maximum atomic E-state index is 2.41. The SMILES string of the molecule is I[IH]I.[SiH3]Cc1ccccc1. The molecular formula is C7H11I3Si. The second kappa shape index (κ2) is 9.71. The summed E-state index contributed by atoms with van der Waals surface area (Å²) in [6.45, 7) is 0. The average Bonchev–Trinajstić information content (AvgIpc) is 2.08. The van der Waals surface area contributed by atoms with E-state index in [0.717, 1.165) is 0 Å². The van der Waals surface area contributed by atoms with Crippen LogP contribution in [-0.4, -0.2) is 10.2 Å². The summed E-state index contributed by atoms with van der Waals surface area (Å²) in [5.41, 5.74) is 1.47. The molecule has 0 nitrogen and oxygen atoms in total. The van der Waals surface area contributed by atoms with Crippen molar-refractivity contribution in [2.24, 2.45) is 0 Å². The zero-order valence-corrected chi connectivity index (χ0v) is 14.9. The first-order valence-electron chi connectivity index (χ1n) is 3.28. The quantitative estimate of drug-likeness (QED) is 0.408. The monoisotopic (exact) mass is 504 g/mol. The molecule has 0 aliphatic carbocycles. The number of hydrogen-bond acceptors (Lipinski definition) is 0. The van der Waals surface area contributed by atoms with E-state index in [1.165, 1.54) is 21.9 Å². The number of hydrogen-bond donors (Lipinski definition) is 0. The van der Waals surface area contributed by atoms with Gasteiger partial charge in [-0.1, -0.05) is 35.9 Å². The number of halogens is 3. The van der Waals surface area contributed by atoms with Crippen LogP contribution < -0.4 is 0 Å². The average molecular weight is 504 g/mol. The Balaban J connectivity index is 0.000000292. The van der Waals surface area contributed by atoms with Gasteiger partial charge in [-0.15, -0.1) is 0 Å². The summed E-state index contributed by atoms with van der Waals surface area (Å²) in [7, 11) is 1.28. The molecule has 0 aromatic heterocycles. The minimum atomic E-state index is 0.410. The topological polar surface area (TPSA) is 0 Å². The third kappa shape index (κ3) is 7.97. The van der Waals surface area contributed by atoms with Crippen LogP contribution in [0.25, 0.3) is 0 Å². The second-order valence-electron chi connectivity index (χ2n) is 1.90. The van der Waals surface area contributed by atoms with Crippen molar-refractivity contribution in [2.45, 2.75) is 6.04 Å². The van der Waals surface area contributed by atoms with Crippen LogP contribution in [0.4, 0.5) is 0 Å². The van der Waals surface area contributed by atoms with Crippen molar-refractivity contribution in [3.63, 3.8) is 0 Å². The van der Waals surface area contributed by atoms with Crippen molar-refractivity contribution in [1.82, 2.24) is 0 Å². The fourth-order valence-corrected chi connectivity index (χ4v) is 1.19. The Morgan fingerprint density at radius 3 is 1.91 bits per heavy atom. The molecular weight excluding hydrogens is 493 g/mol. The van der Waals surface area contributed by atoms with Crippen molar-refractivity contribution in [3.8, 4) is 0 Å². The van der Waals surface area contributed by atoms with Gasteiger partial charge >= 0.3 is 50.5 Å². The molecule has 0 atom stereocenters. The summed E-state index contributed by atoms with van der Waals surface area (Å²) in [6, 6.07) is 11.9. The van der Waals surface area contributed by atoms with Crippen LogP contribution in [0.2, 0.25) is 0 Å². The summed E-state index contributed by atoms with van der Waals surface area (Å²) in [5.74, 6) is 0. The zero-order chi connectivity index (χ0) is 8.53. The van der Waals surface area contributed by atoms with Gasteiger partial charge in [0.25, 0.3) is 0 Å². The number of rotatable bonds is 1. The predicted octanol–water partition coefficient (Wildman–Crippen LogP) is 2.94. The largest absolute Gasteiger partial charge is 0.0622 e. The first-order chi connectivity index (χ1) is 5.35. The van der Waals surface area contributed by atoms with Gasteiger partial charge in [0.1, 0.15) is 0 Å². The van der Waals surface area contributed by atoms with Gasteiger partial charge in [0, 0.05) is 10.2 Å². The molecule has 0 aliphatic rings. The molecule has 0 bridgehead atoms. The summed E-state index contributed by atoms with van der Waals surface area (Å²) in [4.78, 5) is 0. The van der Waals surface area contributed by atoms with E-state index in [2.05, 4.69) is 67.6 Å². The van der Waals surface area contributed by atoms with Gasteiger partial charge in [0.2, 0.25) is 0 Å². The molecule has 0 amide bonds. The minimum absolute atomic E-state index is 0.410. The van der Waals surface area contributed by atoms with E-state index in [-0.39, 0.29) is 0 Å². The third-order valence-corrected chi connectivity index (χ3v) is 2.07. The minimum Gasteiger partial charge on any atom is -0.0622 e. The van der Waals surface area contributed by atoms with E-state index in [4.69, 9.17) is 0 Å². The van der Waals surface area contributed by atoms with Crippen LogP contribution in [0.3, 0.4) is 0 Å². The molecule has 0 N–H and O–H groups in total. The van der Waals surface area contributed by atoms with E-state index < -0.39 is 0 Å². The Morgan fingerprint density at radius 2 is 1.64 bits per heavy atom. The van der Waals surface area contributed by atoms with Crippen molar-refractivity contribution in [1.29, 1.82) is 0 Å². The van der Waals surface area contributed by atoms with Gasteiger partial charge in [-0.2, -0.15) is 0 Å². The molecule has 4 heteroatoms. The van der Waals surface area contributed by atoms with E-state index in [9.17, 15) is 0 Å². The van der Waals surface area contributed by atoms with Crippen molar-refractivity contribution >= 4 is 60.7 Å². The van der Waals surface area contributed by atoms with E-state index in [1.54, 1.807) is 0 Å². The first kappa shape index (κ1) is 12.6. The summed E-state index contributed by atoms with van der Waals surface area (Å²) < 4.78 is 0. The Labute approximate surface area is 101 Å². The van der Waals surface area contributed by atoms with E-state index in [1.807, 2.05) is 0 Å². The van der Waals surface area contributed by atoms with Crippen molar-refractivity contribution in [3.05, 3.63) is 35.9 Å². The second-order valence-corrected chi connectivity index (χ2v) is 20.2. The summed E-state index contributed by atoms with van der Waals surface area (Å²) in [6.07, 6.45) is 0. The molecule has 0 aliphatic heterocycles. The molecule has 1 rings (SSSR count). The standard InChI is InChI=1S/C7H10Si.HI3/c8-6-7-4-2-1-3-5-7;1-3-2/h1-5H,6H2,8H3;3H. The Kier molecular flexibility index (Phi) is 11.1. The van der Waals surface area contributed by atoms with Gasteiger partial charge in [0.05, 0.1) is 0 Å². The molecule has 0 saturated carbocycles. The molecule has 1 aromatic rings. The van der Waals surface area contributed by atoms with Crippen LogP contribution in [0.1, 0.15) is 5.56 Å². The molecule has 0 heterocycles. The fraction of sp³-hybridized carbons (Fsp3) is 0.143. The van der Waals surface area contributed by atoms with Gasteiger partial charge in [-0.05, 0) is 6.04 Å². The Bertz CT molecular complexity index is 167. The van der Waals surface area contributed by atoms with Gasteiger partial charge in [-0.3, -0.25) is 0 Å². The maximum Gasteiger partial charge on any atom is 0.00833 e. The van der Waals surface area contributed by atoms with Gasteiger partial charge in [-0.25, -0.2) is 0 Å². The predicted molar refractivity (Wildman–Crippen MR) is 83.5 cm³/mol.